The smallest absolute Gasteiger partial charge is 0.366 e. The van der Waals surface area contributed by atoms with Gasteiger partial charge in [0, 0.05) is 35.9 Å². The number of carbonyl (C=O) groups is 1. The summed E-state index contributed by atoms with van der Waals surface area (Å²) >= 11 is 0. The van der Waals surface area contributed by atoms with Crippen LogP contribution in [-0.2, 0) is 17.1 Å². The van der Waals surface area contributed by atoms with Gasteiger partial charge in [-0.05, 0) is 18.2 Å². The van der Waals surface area contributed by atoms with Crippen LogP contribution in [0.25, 0.3) is 23.0 Å². The van der Waals surface area contributed by atoms with E-state index in [9.17, 15) is 36.4 Å². The first-order valence-corrected chi connectivity index (χ1v) is 8.46. The quantitative estimate of drug-likeness (QED) is 0.479. The van der Waals surface area contributed by atoms with Crippen molar-refractivity contribution in [2.24, 2.45) is 5.73 Å². The number of carbonyl (C=O) groups excluding carboxylic acids is 1. The molecule has 0 fully saturated rings. The van der Waals surface area contributed by atoms with E-state index in [4.69, 9.17) is 5.73 Å². The number of rotatable bonds is 4. The molecule has 0 bridgehead atoms. The maximum atomic E-state index is 13.2. The number of nitrogens with two attached hydrogens (primary N) is 1. The molecule has 2 N–H and O–H groups in total. The van der Waals surface area contributed by atoms with E-state index in [0.717, 1.165) is 17.1 Å². The van der Waals surface area contributed by atoms with Crippen molar-refractivity contribution in [2.45, 2.75) is 12.4 Å². The molecule has 1 amide bonds. The summed E-state index contributed by atoms with van der Waals surface area (Å²) in [6.45, 7) is 0. The van der Waals surface area contributed by atoms with Gasteiger partial charge in [-0.25, -0.2) is 14.6 Å². The number of nitriles is 1. The third kappa shape index (κ3) is 4.75. The van der Waals surface area contributed by atoms with Gasteiger partial charge >= 0.3 is 12.4 Å². The van der Waals surface area contributed by atoms with E-state index in [0.29, 0.717) is 12.1 Å². The molecule has 0 atom stereocenters. The van der Waals surface area contributed by atoms with Crippen LogP contribution in [0.15, 0.2) is 43.1 Å². The first kappa shape index (κ1) is 22.5. The summed E-state index contributed by atoms with van der Waals surface area (Å²) in [4.78, 5) is 19.2. The van der Waals surface area contributed by atoms with E-state index in [-0.39, 0.29) is 22.8 Å². The van der Waals surface area contributed by atoms with E-state index < -0.39 is 40.6 Å². The van der Waals surface area contributed by atoms with Gasteiger partial charge < -0.3 is 5.73 Å². The van der Waals surface area contributed by atoms with Crippen molar-refractivity contribution in [2.75, 3.05) is 0 Å². The molecule has 0 aliphatic heterocycles. The average Bonchev–Trinajstić information content (AvgIpc) is 3.14. The zero-order valence-corrected chi connectivity index (χ0v) is 15.6. The first-order chi connectivity index (χ1) is 14.9. The van der Waals surface area contributed by atoms with Crippen LogP contribution in [0.1, 0.15) is 22.3 Å². The van der Waals surface area contributed by atoms with Crippen LogP contribution in [0.5, 0.6) is 0 Å². The molecule has 0 spiro atoms. The van der Waals surface area contributed by atoms with E-state index >= 15 is 0 Å². The highest BCUT2D eigenvalue weighted by molar-refractivity contribution is 6.22. The molecule has 13 heteroatoms. The minimum Gasteiger partial charge on any atom is -0.366 e. The number of halogens is 6. The van der Waals surface area contributed by atoms with Gasteiger partial charge in [-0.1, -0.05) is 0 Å². The Kier molecular flexibility index (Phi) is 5.72. The molecule has 0 aliphatic rings. The largest absolute Gasteiger partial charge is 0.416 e. The van der Waals surface area contributed by atoms with Gasteiger partial charge in [0.2, 0.25) is 0 Å². The highest BCUT2D eigenvalue weighted by Gasteiger charge is 2.37. The monoisotopic (exact) mass is 452 g/mol. The van der Waals surface area contributed by atoms with Gasteiger partial charge in [-0.3, -0.25) is 4.79 Å². The Bertz CT molecular complexity index is 1210. The van der Waals surface area contributed by atoms with Crippen molar-refractivity contribution in [3.05, 3.63) is 65.4 Å². The molecule has 0 radical (unpaired) electrons. The molecular weight excluding hydrogens is 442 g/mol. The predicted octanol–water partition coefficient (Wildman–Crippen LogP) is 3.73. The summed E-state index contributed by atoms with van der Waals surface area (Å²) in [5.41, 5.74) is 0.849. The fourth-order valence-electron chi connectivity index (χ4n) is 2.70. The SMILES string of the molecule is N#Cc1cn(/C=C(/C(N)=O)c2cncnc2)nc1-c1cc(C(F)(F)F)cc(C(F)(F)F)c1. The Morgan fingerprint density at radius 3 is 2.06 bits per heavy atom. The van der Waals surface area contributed by atoms with Crippen LogP contribution in [0.3, 0.4) is 0 Å². The van der Waals surface area contributed by atoms with Crippen molar-refractivity contribution in [1.82, 2.24) is 19.7 Å². The second-order valence-electron chi connectivity index (χ2n) is 6.31. The zero-order valence-electron chi connectivity index (χ0n) is 15.6. The third-order valence-corrected chi connectivity index (χ3v) is 4.11. The molecule has 0 aliphatic carbocycles. The average molecular weight is 452 g/mol. The van der Waals surface area contributed by atoms with E-state index in [1.54, 1.807) is 6.07 Å². The van der Waals surface area contributed by atoms with Gasteiger partial charge in [0.25, 0.3) is 5.91 Å². The van der Waals surface area contributed by atoms with Crippen LogP contribution in [0.4, 0.5) is 26.3 Å². The second kappa shape index (κ2) is 8.14. The summed E-state index contributed by atoms with van der Waals surface area (Å²) in [6, 6.07) is 2.52. The summed E-state index contributed by atoms with van der Waals surface area (Å²) < 4.78 is 79.8. The third-order valence-electron chi connectivity index (χ3n) is 4.11. The number of hydrogen-bond donors (Lipinski definition) is 1. The lowest BCUT2D eigenvalue weighted by Gasteiger charge is -2.13. The maximum absolute atomic E-state index is 13.2. The van der Waals surface area contributed by atoms with Crippen LogP contribution in [0.2, 0.25) is 0 Å². The Hall–Kier alpha value is -4.21. The molecular formula is C19H10F6N6O. The van der Waals surface area contributed by atoms with Crippen molar-refractivity contribution < 1.29 is 31.1 Å². The van der Waals surface area contributed by atoms with Crippen molar-refractivity contribution >= 4 is 17.7 Å². The number of alkyl halides is 6. The molecule has 164 valence electrons. The minimum absolute atomic E-state index is 0.0347. The minimum atomic E-state index is -5.07. The molecule has 3 aromatic rings. The van der Waals surface area contributed by atoms with E-state index in [2.05, 4.69) is 15.1 Å². The number of nitrogens with zero attached hydrogens (tertiary/aromatic N) is 5. The summed E-state index contributed by atoms with van der Waals surface area (Å²) in [6.07, 6.45) is -4.38. The highest BCUT2D eigenvalue weighted by atomic mass is 19.4. The number of amides is 1. The standard InChI is InChI=1S/C19H10F6N6O/c20-18(21,22)13-1-10(2-14(3-13)19(23,24)25)16-11(4-26)7-31(30-16)8-15(17(27)32)12-5-28-9-29-6-12/h1-3,5-9H,(H2,27,32)/b15-8+. The van der Waals surface area contributed by atoms with E-state index in [1.807, 2.05) is 0 Å². The Morgan fingerprint density at radius 2 is 1.59 bits per heavy atom. The van der Waals surface area contributed by atoms with E-state index in [1.165, 1.54) is 18.7 Å². The van der Waals surface area contributed by atoms with Crippen LogP contribution >= 0.6 is 0 Å². The van der Waals surface area contributed by atoms with Crippen molar-refractivity contribution in [3.63, 3.8) is 0 Å². The number of aromatic nitrogens is 4. The lowest BCUT2D eigenvalue weighted by Crippen LogP contribution is -2.14. The fourth-order valence-corrected chi connectivity index (χ4v) is 2.70. The molecule has 7 nitrogen and oxygen atoms in total. The molecule has 0 saturated carbocycles. The van der Waals surface area contributed by atoms with Gasteiger partial charge in [0.05, 0.1) is 22.3 Å². The first-order valence-electron chi connectivity index (χ1n) is 8.46. The lowest BCUT2D eigenvalue weighted by atomic mass is 10.0. The predicted molar refractivity (Wildman–Crippen MR) is 97.8 cm³/mol. The zero-order chi connectivity index (χ0) is 23.7. The van der Waals surface area contributed by atoms with Crippen LogP contribution in [0, 0.1) is 11.3 Å². The number of primary amides is 1. The van der Waals surface area contributed by atoms with Crippen LogP contribution < -0.4 is 5.73 Å². The maximum Gasteiger partial charge on any atom is 0.416 e. The van der Waals surface area contributed by atoms with Gasteiger partial charge in [0.15, 0.2) is 0 Å². The molecule has 3 rings (SSSR count). The molecule has 0 unspecified atom stereocenters. The lowest BCUT2D eigenvalue weighted by molar-refractivity contribution is -0.143. The Labute approximate surface area is 175 Å². The van der Waals surface area contributed by atoms with Crippen molar-refractivity contribution in [1.29, 1.82) is 5.26 Å². The van der Waals surface area contributed by atoms with Gasteiger partial charge in [0.1, 0.15) is 18.1 Å². The second-order valence-corrected chi connectivity index (χ2v) is 6.31. The summed E-state index contributed by atoms with van der Waals surface area (Å²) in [7, 11) is 0. The fraction of sp³-hybridized carbons (Fsp3) is 0.105. The summed E-state index contributed by atoms with van der Waals surface area (Å²) in [5, 5.41) is 13.2. The van der Waals surface area contributed by atoms with Gasteiger partial charge in [-0.2, -0.15) is 36.7 Å². The molecule has 2 aromatic heterocycles. The Balaban J connectivity index is 2.19. The molecule has 1 aromatic carbocycles. The molecule has 2 heterocycles. The molecule has 0 saturated heterocycles. The highest BCUT2D eigenvalue weighted by Crippen LogP contribution is 2.39. The normalized spacial score (nSPS) is 12.5. The van der Waals surface area contributed by atoms with Crippen molar-refractivity contribution in [3.8, 4) is 17.3 Å². The van der Waals surface area contributed by atoms with Crippen LogP contribution in [-0.4, -0.2) is 25.7 Å². The Morgan fingerprint density at radius 1 is 1.03 bits per heavy atom. The number of benzene rings is 1. The molecule has 32 heavy (non-hydrogen) atoms. The topological polar surface area (TPSA) is 110 Å². The number of hydrogen-bond acceptors (Lipinski definition) is 5. The van der Waals surface area contributed by atoms with Gasteiger partial charge in [-0.15, -0.1) is 0 Å². The summed E-state index contributed by atoms with van der Waals surface area (Å²) in [5.74, 6) is -0.936.